The first-order valence-corrected chi connectivity index (χ1v) is 7.54. The topological polar surface area (TPSA) is 47.8 Å². The number of ketones is 1. The lowest BCUT2D eigenvalue weighted by Gasteiger charge is -1.94. The van der Waals surface area contributed by atoms with Gasteiger partial charge < -0.3 is 0 Å². The summed E-state index contributed by atoms with van der Waals surface area (Å²) in [6, 6.07) is 2.10. The summed E-state index contributed by atoms with van der Waals surface area (Å²) >= 11 is 1.68. The molecule has 100 valence electrons. The molecule has 0 saturated carbocycles. The van der Waals surface area contributed by atoms with Crippen molar-refractivity contribution < 1.29 is 4.79 Å². The van der Waals surface area contributed by atoms with Gasteiger partial charge in [0, 0.05) is 18.1 Å². The molecule has 1 aliphatic carbocycles. The number of carbonyl (C=O) groups is 1. The van der Waals surface area contributed by atoms with E-state index in [1.165, 1.54) is 29.7 Å². The number of hydrogen-bond donors (Lipinski definition) is 0. The zero-order valence-corrected chi connectivity index (χ0v) is 11.9. The van der Waals surface area contributed by atoms with Gasteiger partial charge in [0.15, 0.2) is 5.78 Å². The lowest BCUT2D eigenvalue weighted by Crippen LogP contribution is -2.01. The SMILES string of the molecule is Cn1cc(CC(=O)c2cc3c(s2)CCCCC3)nn1. The molecule has 0 amide bonds. The Hall–Kier alpha value is -1.49. The average Bonchev–Trinajstić information content (AvgIpc) is 2.91. The number of Topliss-reactive ketones (excluding diaryl/α,β-unsaturated/α-hetero) is 1. The van der Waals surface area contributed by atoms with Gasteiger partial charge in [0.1, 0.15) is 0 Å². The Morgan fingerprint density at radius 3 is 3.00 bits per heavy atom. The molecule has 0 unspecified atom stereocenters. The first-order valence-electron chi connectivity index (χ1n) is 6.72. The maximum Gasteiger partial charge on any atom is 0.178 e. The van der Waals surface area contributed by atoms with Crippen LogP contribution in [0.1, 0.15) is 45.1 Å². The lowest BCUT2D eigenvalue weighted by molar-refractivity contribution is 0.0995. The molecule has 2 aromatic rings. The van der Waals surface area contributed by atoms with Crippen LogP contribution in [0.25, 0.3) is 0 Å². The average molecular weight is 275 g/mol. The normalized spacial score (nSPS) is 15.0. The van der Waals surface area contributed by atoms with Gasteiger partial charge >= 0.3 is 0 Å². The second-order valence-corrected chi connectivity index (χ2v) is 6.24. The first kappa shape index (κ1) is 12.5. The van der Waals surface area contributed by atoms with Crippen LogP contribution in [0.2, 0.25) is 0 Å². The van der Waals surface area contributed by atoms with Gasteiger partial charge in [0.25, 0.3) is 0 Å². The summed E-state index contributed by atoms with van der Waals surface area (Å²) in [5.41, 5.74) is 2.14. The van der Waals surface area contributed by atoms with Crippen LogP contribution in [0.3, 0.4) is 0 Å². The number of fused-ring (bicyclic) bond motifs is 1. The maximum atomic E-state index is 12.3. The van der Waals surface area contributed by atoms with Crippen molar-refractivity contribution in [3.63, 3.8) is 0 Å². The Labute approximate surface area is 116 Å². The zero-order valence-electron chi connectivity index (χ0n) is 11.1. The number of nitrogens with zero attached hydrogens (tertiary/aromatic N) is 3. The number of aryl methyl sites for hydroxylation is 3. The van der Waals surface area contributed by atoms with Crippen molar-refractivity contribution in [2.75, 3.05) is 0 Å². The van der Waals surface area contributed by atoms with E-state index in [4.69, 9.17) is 0 Å². The highest BCUT2D eigenvalue weighted by atomic mass is 32.1. The summed E-state index contributed by atoms with van der Waals surface area (Å²) < 4.78 is 1.63. The Morgan fingerprint density at radius 2 is 2.21 bits per heavy atom. The molecule has 2 heterocycles. The molecule has 0 aromatic carbocycles. The Kier molecular flexibility index (Phi) is 3.46. The van der Waals surface area contributed by atoms with Crippen molar-refractivity contribution >= 4 is 17.1 Å². The van der Waals surface area contributed by atoms with Gasteiger partial charge in [-0.05, 0) is 37.3 Å². The summed E-state index contributed by atoms with van der Waals surface area (Å²) in [5, 5.41) is 7.83. The predicted molar refractivity (Wildman–Crippen MR) is 74.6 cm³/mol. The van der Waals surface area contributed by atoms with Crippen molar-refractivity contribution in [2.24, 2.45) is 7.05 Å². The van der Waals surface area contributed by atoms with Crippen LogP contribution in [0.4, 0.5) is 0 Å². The van der Waals surface area contributed by atoms with E-state index in [2.05, 4.69) is 16.4 Å². The van der Waals surface area contributed by atoms with E-state index in [1.54, 1.807) is 22.2 Å². The molecule has 0 fully saturated rings. The van der Waals surface area contributed by atoms with Crippen LogP contribution in [0, 0.1) is 0 Å². The van der Waals surface area contributed by atoms with Crippen LogP contribution < -0.4 is 0 Å². The van der Waals surface area contributed by atoms with E-state index in [-0.39, 0.29) is 5.78 Å². The van der Waals surface area contributed by atoms with Crippen LogP contribution in [0.5, 0.6) is 0 Å². The van der Waals surface area contributed by atoms with E-state index in [9.17, 15) is 4.79 Å². The molecule has 0 atom stereocenters. The molecule has 0 radical (unpaired) electrons. The van der Waals surface area contributed by atoms with Crippen molar-refractivity contribution in [3.8, 4) is 0 Å². The molecule has 4 nitrogen and oxygen atoms in total. The molecule has 0 N–H and O–H groups in total. The minimum absolute atomic E-state index is 0.165. The highest BCUT2D eigenvalue weighted by molar-refractivity contribution is 7.14. The monoisotopic (exact) mass is 275 g/mol. The molecule has 0 saturated heterocycles. The highest BCUT2D eigenvalue weighted by Gasteiger charge is 2.17. The second kappa shape index (κ2) is 5.25. The quantitative estimate of drug-likeness (QED) is 0.639. The lowest BCUT2D eigenvalue weighted by atomic mass is 10.1. The molecule has 1 aliphatic rings. The standard InChI is InChI=1S/C14H17N3OS/c1-17-9-11(15-16-17)8-12(18)14-7-10-5-3-2-4-6-13(10)19-14/h7,9H,2-6,8H2,1H3. The number of rotatable bonds is 3. The first-order chi connectivity index (χ1) is 9.22. The Bertz CT molecular complexity index is 576. The molecule has 0 spiro atoms. The summed E-state index contributed by atoms with van der Waals surface area (Å²) in [6.07, 6.45) is 8.24. The zero-order chi connectivity index (χ0) is 13.2. The largest absolute Gasteiger partial charge is 0.293 e. The van der Waals surface area contributed by atoms with E-state index >= 15 is 0 Å². The van der Waals surface area contributed by atoms with E-state index in [1.807, 2.05) is 7.05 Å². The Morgan fingerprint density at radius 1 is 1.37 bits per heavy atom. The van der Waals surface area contributed by atoms with Gasteiger partial charge in [0.2, 0.25) is 0 Å². The van der Waals surface area contributed by atoms with Gasteiger partial charge in [-0.1, -0.05) is 11.6 Å². The fourth-order valence-corrected chi connectivity index (χ4v) is 3.72. The van der Waals surface area contributed by atoms with Crippen molar-refractivity contribution in [2.45, 2.75) is 38.5 Å². The van der Waals surface area contributed by atoms with Gasteiger partial charge in [-0.15, -0.1) is 16.4 Å². The van der Waals surface area contributed by atoms with Crippen LogP contribution in [0.15, 0.2) is 12.3 Å². The summed E-state index contributed by atoms with van der Waals surface area (Å²) in [5.74, 6) is 0.165. The summed E-state index contributed by atoms with van der Waals surface area (Å²) in [7, 11) is 1.81. The van der Waals surface area contributed by atoms with Gasteiger partial charge in [-0.25, -0.2) is 0 Å². The fraction of sp³-hybridized carbons (Fsp3) is 0.500. The van der Waals surface area contributed by atoms with Crippen LogP contribution in [-0.4, -0.2) is 20.8 Å². The van der Waals surface area contributed by atoms with Crippen molar-refractivity contribution in [1.82, 2.24) is 15.0 Å². The number of carbonyl (C=O) groups excluding carboxylic acids is 1. The molecular formula is C14H17N3OS. The molecule has 5 heteroatoms. The minimum Gasteiger partial charge on any atom is -0.293 e. The molecule has 0 bridgehead atoms. The van der Waals surface area contributed by atoms with E-state index in [0.29, 0.717) is 6.42 Å². The molecule has 19 heavy (non-hydrogen) atoms. The third-order valence-electron chi connectivity index (χ3n) is 3.51. The molecule has 3 rings (SSSR count). The van der Waals surface area contributed by atoms with Gasteiger partial charge in [-0.2, -0.15) is 0 Å². The predicted octanol–water partition coefficient (Wildman–Crippen LogP) is 2.57. The Balaban J connectivity index is 1.76. The van der Waals surface area contributed by atoms with Crippen molar-refractivity contribution in [3.05, 3.63) is 33.3 Å². The third kappa shape index (κ3) is 2.76. The van der Waals surface area contributed by atoms with Crippen LogP contribution >= 0.6 is 11.3 Å². The summed E-state index contributed by atoms with van der Waals surface area (Å²) in [6.45, 7) is 0. The highest BCUT2D eigenvalue weighted by Crippen LogP contribution is 2.29. The van der Waals surface area contributed by atoms with E-state index in [0.717, 1.165) is 23.4 Å². The molecule has 2 aromatic heterocycles. The minimum atomic E-state index is 0.165. The number of thiophene rings is 1. The number of hydrogen-bond acceptors (Lipinski definition) is 4. The van der Waals surface area contributed by atoms with Crippen LogP contribution in [-0.2, 0) is 26.3 Å². The third-order valence-corrected chi connectivity index (χ3v) is 4.79. The second-order valence-electron chi connectivity index (χ2n) is 5.10. The van der Waals surface area contributed by atoms with E-state index < -0.39 is 0 Å². The summed E-state index contributed by atoms with van der Waals surface area (Å²) in [4.78, 5) is 14.6. The van der Waals surface area contributed by atoms with Gasteiger partial charge in [-0.3, -0.25) is 9.48 Å². The van der Waals surface area contributed by atoms with Crippen molar-refractivity contribution in [1.29, 1.82) is 0 Å². The van der Waals surface area contributed by atoms with Gasteiger partial charge in [0.05, 0.1) is 17.0 Å². The fourth-order valence-electron chi connectivity index (χ4n) is 2.53. The molecular weight excluding hydrogens is 258 g/mol. The number of aromatic nitrogens is 3. The maximum absolute atomic E-state index is 12.3. The smallest absolute Gasteiger partial charge is 0.178 e. The molecule has 0 aliphatic heterocycles.